The Kier molecular flexibility index (Phi) is 6.59. The van der Waals surface area contributed by atoms with Gasteiger partial charge in [-0.05, 0) is 53.5 Å². The third-order valence-corrected chi connectivity index (χ3v) is 5.57. The van der Waals surface area contributed by atoms with Crippen LogP contribution in [0, 0.1) is 0 Å². The second-order valence-corrected chi connectivity index (χ2v) is 8.58. The van der Waals surface area contributed by atoms with Crippen molar-refractivity contribution < 1.29 is 9.90 Å². The van der Waals surface area contributed by atoms with Gasteiger partial charge >= 0.3 is 5.97 Å². The molecule has 0 saturated carbocycles. The van der Waals surface area contributed by atoms with Gasteiger partial charge in [-0.25, -0.2) is 9.78 Å². The molecule has 2 heterocycles. The van der Waals surface area contributed by atoms with Crippen LogP contribution in [-0.2, 0) is 7.05 Å². The van der Waals surface area contributed by atoms with E-state index in [4.69, 9.17) is 23.2 Å². The van der Waals surface area contributed by atoms with Crippen LogP contribution in [0.3, 0.4) is 0 Å². The molecular weight excluding hydrogens is 495 g/mol. The first-order valence-corrected chi connectivity index (χ1v) is 10.5. The predicted octanol–water partition coefficient (Wildman–Crippen LogP) is 5.13. The van der Waals surface area contributed by atoms with Crippen LogP contribution < -0.4 is 10.9 Å². The third kappa shape index (κ3) is 4.40. The van der Waals surface area contributed by atoms with Gasteiger partial charge in [0.2, 0.25) is 0 Å². The summed E-state index contributed by atoms with van der Waals surface area (Å²) in [5.74, 6) is -1.18. The van der Waals surface area contributed by atoms with Gasteiger partial charge < -0.3 is 19.6 Å². The summed E-state index contributed by atoms with van der Waals surface area (Å²) in [6, 6.07) is 7.64. The second-order valence-electron chi connectivity index (χ2n) is 7.00. The van der Waals surface area contributed by atoms with E-state index >= 15 is 0 Å². The number of anilines is 1. The highest BCUT2D eigenvalue weighted by Crippen LogP contribution is 2.34. The molecule has 0 saturated heterocycles. The average molecular weight is 514 g/mol. The van der Waals surface area contributed by atoms with Crippen molar-refractivity contribution in [3.05, 3.63) is 78.6 Å². The first-order chi connectivity index (χ1) is 14.1. The van der Waals surface area contributed by atoms with Gasteiger partial charge in [0, 0.05) is 24.3 Å². The standard InChI is InChI=1S/C20H19BrCl2N4O3/c1-10(2)27-17(16(19(29)30)25-20(27)21)15(11-4-6-12(22)7-5-11)24-14-8-13(23)9-26(3)18(14)28/h4-10,15,24H,1-3H3,(H,29,30). The number of carboxylic acids is 1. The first kappa shape index (κ1) is 22.4. The molecule has 0 fully saturated rings. The number of carboxylic acid groups (broad SMARTS) is 1. The summed E-state index contributed by atoms with van der Waals surface area (Å²) < 4.78 is 3.51. The van der Waals surface area contributed by atoms with Gasteiger partial charge in [0.25, 0.3) is 5.56 Å². The monoisotopic (exact) mass is 512 g/mol. The molecule has 1 atom stereocenters. The molecule has 3 rings (SSSR count). The molecule has 1 unspecified atom stereocenters. The van der Waals surface area contributed by atoms with E-state index in [1.54, 1.807) is 35.9 Å². The van der Waals surface area contributed by atoms with Crippen LogP contribution >= 0.6 is 39.1 Å². The normalized spacial score (nSPS) is 12.2. The number of aromatic carboxylic acids is 1. The van der Waals surface area contributed by atoms with Crippen molar-refractivity contribution in [3.8, 4) is 0 Å². The maximum Gasteiger partial charge on any atom is 0.356 e. The summed E-state index contributed by atoms with van der Waals surface area (Å²) in [6.07, 6.45) is 1.50. The summed E-state index contributed by atoms with van der Waals surface area (Å²) in [7, 11) is 1.59. The lowest BCUT2D eigenvalue weighted by Gasteiger charge is -2.24. The highest BCUT2D eigenvalue weighted by molar-refractivity contribution is 9.10. The second kappa shape index (κ2) is 8.83. The summed E-state index contributed by atoms with van der Waals surface area (Å²) in [5, 5.41) is 13.9. The van der Waals surface area contributed by atoms with Crippen LogP contribution in [0.15, 0.2) is 46.1 Å². The SMILES string of the molecule is CC(C)n1c(Br)nc(C(=O)O)c1C(Nc1cc(Cl)cn(C)c1=O)c1ccc(Cl)cc1. The minimum Gasteiger partial charge on any atom is -0.476 e. The van der Waals surface area contributed by atoms with Crippen molar-refractivity contribution >= 4 is 50.8 Å². The molecule has 10 heteroatoms. The molecule has 0 aliphatic carbocycles. The summed E-state index contributed by atoms with van der Waals surface area (Å²) in [4.78, 5) is 28.9. The number of aromatic nitrogens is 3. The fourth-order valence-electron chi connectivity index (χ4n) is 3.24. The molecule has 0 spiro atoms. The fourth-order valence-corrected chi connectivity index (χ4v) is 4.39. The maximum absolute atomic E-state index is 12.7. The van der Waals surface area contributed by atoms with Crippen LogP contribution in [0.4, 0.5) is 5.69 Å². The number of imidazole rings is 1. The Labute approximate surface area is 191 Å². The number of hydrogen-bond donors (Lipinski definition) is 2. The molecule has 1 aromatic carbocycles. The summed E-state index contributed by atoms with van der Waals surface area (Å²) in [5.41, 5.74) is 0.910. The Morgan fingerprint density at radius 2 is 1.83 bits per heavy atom. The number of rotatable bonds is 6. The lowest BCUT2D eigenvalue weighted by molar-refractivity contribution is 0.0689. The molecule has 30 heavy (non-hydrogen) atoms. The molecular formula is C20H19BrCl2N4O3. The fraction of sp³-hybridized carbons (Fsp3) is 0.250. The number of hydrogen-bond acceptors (Lipinski definition) is 4. The van der Waals surface area contributed by atoms with Crippen molar-refractivity contribution in [1.29, 1.82) is 0 Å². The van der Waals surface area contributed by atoms with Gasteiger partial charge in [-0.1, -0.05) is 35.3 Å². The third-order valence-electron chi connectivity index (χ3n) is 4.55. The zero-order valence-corrected chi connectivity index (χ0v) is 19.5. The number of benzene rings is 1. The summed E-state index contributed by atoms with van der Waals surface area (Å²) in [6.45, 7) is 3.83. The highest BCUT2D eigenvalue weighted by atomic mass is 79.9. The van der Waals surface area contributed by atoms with Crippen molar-refractivity contribution in [2.24, 2.45) is 7.05 Å². The molecule has 0 bridgehead atoms. The van der Waals surface area contributed by atoms with Crippen LogP contribution in [0.2, 0.25) is 10.0 Å². The number of carbonyl (C=O) groups is 1. The van der Waals surface area contributed by atoms with Gasteiger partial charge in [-0.15, -0.1) is 0 Å². The van der Waals surface area contributed by atoms with Crippen molar-refractivity contribution in [2.75, 3.05) is 5.32 Å². The molecule has 158 valence electrons. The van der Waals surface area contributed by atoms with E-state index in [1.807, 2.05) is 13.8 Å². The zero-order valence-electron chi connectivity index (χ0n) is 16.4. The van der Waals surface area contributed by atoms with Crippen molar-refractivity contribution in [1.82, 2.24) is 14.1 Å². The first-order valence-electron chi connectivity index (χ1n) is 8.99. The van der Waals surface area contributed by atoms with E-state index in [0.717, 1.165) is 0 Å². The number of nitrogens with one attached hydrogen (secondary N) is 1. The molecule has 0 radical (unpaired) electrons. The zero-order chi connectivity index (χ0) is 22.2. The number of halogens is 3. The molecule has 2 N–H and O–H groups in total. The van der Waals surface area contributed by atoms with E-state index in [2.05, 4.69) is 26.2 Å². The van der Waals surface area contributed by atoms with E-state index < -0.39 is 12.0 Å². The average Bonchev–Trinajstić information content (AvgIpc) is 3.01. The van der Waals surface area contributed by atoms with E-state index in [1.165, 1.54) is 16.8 Å². The molecule has 0 amide bonds. The van der Waals surface area contributed by atoms with Gasteiger partial charge in [-0.2, -0.15) is 0 Å². The number of nitrogens with zero attached hydrogens (tertiary/aromatic N) is 3. The van der Waals surface area contributed by atoms with Crippen LogP contribution in [-0.4, -0.2) is 25.2 Å². The highest BCUT2D eigenvalue weighted by Gasteiger charge is 2.30. The maximum atomic E-state index is 12.7. The lowest BCUT2D eigenvalue weighted by atomic mass is 10.0. The Hall–Kier alpha value is -2.29. The molecule has 7 nitrogen and oxygen atoms in total. The largest absolute Gasteiger partial charge is 0.476 e. The molecule has 0 aliphatic heterocycles. The van der Waals surface area contributed by atoms with Gasteiger partial charge in [0.1, 0.15) is 5.69 Å². The summed E-state index contributed by atoms with van der Waals surface area (Å²) >= 11 is 15.6. The van der Waals surface area contributed by atoms with E-state index in [0.29, 0.717) is 26.0 Å². The quantitative estimate of drug-likeness (QED) is 0.476. The smallest absolute Gasteiger partial charge is 0.356 e. The van der Waals surface area contributed by atoms with Gasteiger partial charge in [-0.3, -0.25) is 4.79 Å². The number of pyridine rings is 1. The Morgan fingerprint density at radius 3 is 2.40 bits per heavy atom. The van der Waals surface area contributed by atoms with Crippen LogP contribution in [0.1, 0.15) is 47.7 Å². The van der Waals surface area contributed by atoms with E-state index in [-0.39, 0.29) is 23.0 Å². The molecule has 0 aliphatic rings. The number of aryl methyl sites for hydroxylation is 1. The molecule has 2 aromatic heterocycles. The van der Waals surface area contributed by atoms with Crippen LogP contribution in [0.5, 0.6) is 0 Å². The predicted molar refractivity (Wildman–Crippen MR) is 121 cm³/mol. The van der Waals surface area contributed by atoms with Crippen molar-refractivity contribution in [2.45, 2.75) is 25.9 Å². The van der Waals surface area contributed by atoms with Gasteiger partial charge in [0.05, 0.1) is 16.8 Å². The molecule has 3 aromatic rings. The Morgan fingerprint density at radius 1 is 1.20 bits per heavy atom. The Balaban J connectivity index is 2.28. The topological polar surface area (TPSA) is 89.2 Å². The van der Waals surface area contributed by atoms with Crippen LogP contribution in [0.25, 0.3) is 0 Å². The van der Waals surface area contributed by atoms with Crippen molar-refractivity contribution in [3.63, 3.8) is 0 Å². The minimum absolute atomic E-state index is 0.103. The minimum atomic E-state index is -1.18. The Bertz CT molecular complexity index is 1160. The van der Waals surface area contributed by atoms with Gasteiger partial charge in [0.15, 0.2) is 10.4 Å². The van der Waals surface area contributed by atoms with E-state index in [9.17, 15) is 14.7 Å². The lowest BCUT2D eigenvalue weighted by Crippen LogP contribution is -2.26.